The fraction of sp³-hybridized carbons (Fsp3) is 0.154. The van der Waals surface area contributed by atoms with Crippen molar-refractivity contribution in [1.29, 1.82) is 0 Å². The highest BCUT2D eigenvalue weighted by atomic mass is 19.1. The molecule has 4 rings (SSSR count). The van der Waals surface area contributed by atoms with Gasteiger partial charge in [0.2, 0.25) is 0 Å². The molecule has 0 saturated heterocycles. The number of anilines is 3. The van der Waals surface area contributed by atoms with Gasteiger partial charge in [0.25, 0.3) is 11.8 Å². The van der Waals surface area contributed by atoms with Crippen molar-refractivity contribution in [3.8, 4) is 11.5 Å². The van der Waals surface area contributed by atoms with Gasteiger partial charge in [-0.05, 0) is 60.2 Å². The summed E-state index contributed by atoms with van der Waals surface area (Å²) in [5, 5.41) is 3.10. The lowest BCUT2D eigenvalue weighted by Crippen LogP contribution is -2.32. The first-order chi connectivity index (χ1) is 16.3. The summed E-state index contributed by atoms with van der Waals surface area (Å²) in [4.78, 5) is 29.9. The zero-order chi connectivity index (χ0) is 24.4. The standard InChI is InChI=1S/C26H24FN3O4/c1-29(2)19-11-9-18(10-12-19)28-24-23(16-8-13-21(33-3)22(14-16)34-4)25(31)30(26(24)32)20-7-5-6-17(27)15-20/h5-15,28H,1-4H3. The summed E-state index contributed by atoms with van der Waals surface area (Å²) in [6.07, 6.45) is 0. The number of amides is 2. The summed E-state index contributed by atoms with van der Waals surface area (Å²) < 4.78 is 24.6. The normalized spacial score (nSPS) is 13.4. The number of nitrogens with one attached hydrogen (secondary N) is 1. The highest BCUT2D eigenvalue weighted by Crippen LogP contribution is 2.37. The fourth-order valence-electron chi connectivity index (χ4n) is 3.74. The first-order valence-corrected chi connectivity index (χ1v) is 10.5. The molecule has 1 aliphatic rings. The highest BCUT2D eigenvalue weighted by Gasteiger charge is 2.40. The van der Waals surface area contributed by atoms with E-state index in [1.807, 2.05) is 43.3 Å². The van der Waals surface area contributed by atoms with Crippen LogP contribution < -0.4 is 24.6 Å². The Balaban J connectivity index is 1.82. The number of hydrogen-bond donors (Lipinski definition) is 1. The van der Waals surface area contributed by atoms with Crippen LogP contribution in [0.5, 0.6) is 11.5 Å². The number of benzene rings is 3. The van der Waals surface area contributed by atoms with Crippen molar-refractivity contribution in [2.24, 2.45) is 0 Å². The molecular weight excluding hydrogens is 437 g/mol. The van der Waals surface area contributed by atoms with Crippen LogP contribution in [0.4, 0.5) is 21.5 Å². The van der Waals surface area contributed by atoms with E-state index in [1.165, 1.54) is 32.4 Å². The number of carbonyl (C=O) groups is 2. The van der Waals surface area contributed by atoms with E-state index in [9.17, 15) is 14.0 Å². The molecule has 1 aliphatic heterocycles. The van der Waals surface area contributed by atoms with E-state index in [0.717, 1.165) is 16.7 Å². The van der Waals surface area contributed by atoms with Crippen LogP contribution in [0.25, 0.3) is 5.57 Å². The molecule has 174 valence electrons. The van der Waals surface area contributed by atoms with Crippen LogP contribution in [-0.4, -0.2) is 40.1 Å². The molecule has 0 aliphatic carbocycles. The van der Waals surface area contributed by atoms with E-state index in [4.69, 9.17) is 9.47 Å². The van der Waals surface area contributed by atoms with Crippen LogP contribution in [0.15, 0.2) is 72.4 Å². The summed E-state index contributed by atoms with van der Waals surface area (Å²) >= 11 is 0. The van der Waals surface area contributed by atoms with Gasteiger partial charge in [0.15, 0.2) is 11.5 Å². The molecule has 0 radical (unpaired) electrons. The second-order valence-corrected chi connectivity index (χ2v) is 7.81. The molecule has 0 unspecified atom stereocenters. The number of imide groups is 1. The minimum Gasteiger partial charge on any atom is -0.493 e. The van der Waals surface area contributed by atoms with Gasteiger partial charge < -0.3 is 19.7 Å². The number of ether oxygens (including phenoxy) is 2. The van der Waals surface area contributed by atoms with Gasteiger partial charge in [0.05, 0.1) is 25.5 Å². The lowest BCUT2D eigenvalue weighted by molar-refractivity contribution is -0.120. The summed E-state index contributed by atoms with van der Waals surface area (Å²) in [7, 11) is 6.85. The van der Waals surface area contributed by atoms with Crippen LogP contribution in [0.2, 0.25) is 0 Å². The predicted molar refractivity (Wildman–Crippen MR) is 130 cm³/mol. The van der Waals surface area contributed by atoms with E-state index in [2.05, 4.69) is 5.32 Å². The summed E-state index contributed by atoms with van der Waals surface area (Å²) in [6, 6.07) is 17.8. The van der Waals surface area contributed by atoms with Crippen molar-refractivity contribution < 1.29 is 23.5 Å². The maximum absolute atomic E-state index is 13.9. The number of methoxy groups -OCH3 is 2. The number of rotatable bonds is 7. The Morgan fingerprint density at radius 1 is 0.853 bits per heavy atom. The van der Waals surface area contributed by atoms with Gasteiger partial charge in [-0.3, -0.25) is 9.59 Å². The second kappa shape index (κ2) is 9.27. The van der Waals surface area contributed by atoms with E-state index in [0.29, 0.717) is 22.7 Å². The Hall–Kier alpha value is -4.33. The molecule has 7 nitrogen and oxygen atoms in total. The summed E-state index contributed by atoms with van der Waals surface area (Å²) in [5.74, 6) is -0.815. The van der Waals surface area contributed by atoms with E-state index < -0.39 is 17.6 Å². The predicted octanol–water partition coefficient (Wildman–Crippen LogP) is 4.31. The molecule has 0 saturated carbocycles. The first-order valence-electron chi connectivity index (χ1n) is 10.5. The fourth-order valence-corrected chi connectivity index (χ4v) is 3.74. The van der Waals surface area contributed by atoms with Crippen LogP contribution in [0, 0.1) is 5.82 Å². The quantitative estimate of drug-likeness (QED) is 0.529. The molecule has 3 aromatic carbocycles. The minimum absolute atomic E-state index is 0.0825. The molecular formula is C26H24FN3O4. The third-order valence-electron chi connectivity index (χ3n) is 5.48. The van der Waals surface area contributed by atoms with Crippen LogP contribution in [0.3, 0.4) is 0 Å². The smallest absolute Gasteiger partial charge is 0.282 e. The number of nitrogens with zero attached hydrogens (tertiary/aromatic N) is 2. The average molecular weight is 461 g/mol. The zero-order valence-corrected chi connectivity index (χ0v) is 19.3. The number of halogens is 1. The summed E-state index contributed by atoms with van der Waals surface area (Å²) in [6.45, 7) is 0. The highest BCUT2D eigenvalue weighted by molar-refractivity contribution is 6.46. The number of hydrogen-bond acceptors (Lipinski definition) is 6. The van der Waals surface area contributed by atoms with Crippen LogP contribution >= 0.6 is 0 Å². The van der Waals surface area contributed by atoms with E-state index in [1.54, 1.807) is 18.2 Å². The topological polar surface area (TPSA) is 71.1 Å². The first kappa shape index (κ1) is 22.8. The van der Waals surface area contributed by atoms with Gasteiger partial charge in [-0.25, -0.2) is 9.29 Å². The van der Waals surface area contributed by atoms with Gasteiger partial charge >= 0.3 is 0 Å². The van der Waals surface area contributed by atoms with Crippen LogP contribution in [-0.2, 0) is 9.59 Å². The van der Waals surface area contributed by atoms with E-state index in [-0.39, 0.29) is 17.0 Å². The summed E-state index contributed by atoms with van der Waals surface area (Å²) in [5.41, 5.74) is 2.44. The molecule has 34 heavy (non-hydrogen) atoms. The maximum atomic E-state index is 13.9. The van der Waals surface area contributed by atoms with Gasteiger partial charge in [0.1, 0.15) is 11.5 Å². The second-order valence-electron chi connectivity index (χ2n) is 7.81. The Bertz CT molecular complexity index is 1290. The molecule has 2 amide bonds. The average Bonchev–Trinajstić information content (AvgIpc) is 3.08. The minimum atomic E-state index is -0.586. The Labute approximate surface area is 197 Å². The largest absolute Gasteiger partial charge is 0.493 e. The lowest BCUT2D eigenvalue weighted by atomic mass is 10.0. The molecule has 0 atom stereocenters. The Morgan fingerprint density at radius 3 is 2.18 bits per heavy atom. The molecule has 0 fully saturated rings. The molecule has 0 aromatic heterocycles. The van der Waals surface area contributed by atoms with Gasteiger partial charge in [-0.2, -0.15) is 0 Å². The molecule has 1 N–H and O–H groups in total. The monoisotopic (exact) mass is 461 g/mol. The van der Waals surface area contributed by atoms with Gasteiger partial charge in [-0.1, -0.05) is 12.1 Å². The van der Waals surface area contributed by atoms with Crippen molar-refractivity contribution in [2.45, 2.75) is 0 Å². The van der Waals surface area contributed by atoms with Crippen molar-refractivity contribution in [1.82, 2.24) is 0 Å². The third-order valence-corrected chi connectivity index (χ3v) is 5.48. The molecule has 3 aromatic rings. The SMILES string of the molecule is COc1ccc(C2=C(Nc3ccc(N(C)C)cc3)C(=O)N(c3cccc(F)c3)C2=O)cc1OC. The Morgan fingerprint density at radius 2 is 1.56 bits per heavy atom. The van der Waals surface area contributed by atoms with Gasteiger partial charge in [-0.15, -0.1) is 0 Å². The van der Waals surface area contributed by atoms with Crippen molar-refractivity contribution >= 4 is 34.4 Å². The van der Waals surface area contributed by atoms with E-state index >= 15 is 0 Å². The lowest BCUT2D eigenvalue weighted by Gasteiger charge is -2.16. The Kier molecular flexibility index (Phi) is 6.23. The van der Waals surface area contributed by atoms with Crippen molar-refractivity contribution in [3.63, 3.8) is 0 Å². The molecule has 1 heterocycles. The third kappa shape index (κ3) is 4.17. The van der Waals surface area contributed by atoms with Gasteiger partial charge in [0, 0.05) is 25.5 Å². The molecule has 0 bridgehead atoms. The van der Waals surface area contributed by atoms with Crippen LogP contribution in [0.1, 0.15) is 5.56 Å². The number of carbonyl (C=O) groups excluding carboxylic acids is 2. The van der Waals surface area contributed by atoms with Crippen molar-refractivity contribution in [3.05, 3.63) is 83.8 Å². The molecule has 0 spiro atoms. The van der Waals surface area contributed by atoms with Crippen molar-refractivity contribution in [2.75, 3.05) is 43.4 Å². The maximum Gasteiger partial charge on any atom is 0.282 e. The molecule has 8 heteroatoms. The zero-order valence-electron chi connectivity index (χ0n) is 19.3.